The second kappa shape index (κ2) is 13.0. The van der Waals surface area contributed by atoms with Gasteiger partial charge in [0.15, 0.2) is 0 Å². The quantitative estimate of drug-likeness (QED) is 0.196. The van der Waals surface area contributed by atoms with Crippen LogP contribution in [0, 0.1) is 0 Å². The number of nitrogens with zero attached hydrogens (tertiary/aromatic N) is 2. The Morgan fingerprint density at radius 1 is 0.462 bits per heavy atom. The van der Waals surface area contributed by atoms with E-state index in [9.17, 15) is 5.11 Å². The fourth-order valence-electron chi connectivity index (χ4n) is 7.11. The van der Waals surface area contributed by atoms with Crippen molar-refractivity contribution in [1.82, 2.24) is 9.55 Å². The number of phenols is 1. The molecule has 3 heteroatoms. The summed E-state index contributed by atoms with van der Waals surface area (Å²) in [6, 6.07) is 47.5. The highest BCUT2D eigenvalue weighted by atomic mass is 16.3. The molecule has 0 fully saturated rings. The number of aromatic nitrogens is 2. The molecule has 0 aliphatic carbocycles. The smallest absolute Gasteiger partial charge is 0.149 e. The molecule has 0 spiro atoms. The van der Waals surface area contributed by atoms with Crippen LogP contribution in [-0.4, -0.2) is 14.7 Å². The SMILES string of the molecule is CC(C)(C)c1ccc(-n2c(-c3cc(C(C)(C)C)cc(C(C)(C)C)c3O)nc3c(-c4cccc(-c5ccccc5)c4)cccc32)c(-c2ccccc2)c1. The molecule has 262 valence electrons. The van der Waals surface area contributed by atoms with E-state index < -0.39 is 0 Å². The molecule has 1 heterocycles. The van der Waals surface area contributed by atoms with Gasteiger partial charge in [-0.1, -0.05) is 165 Å². The number of rotatable bonds is 5. The van der Waals surface area contributed by atoms with Crippen molar-refractivity contribution in [2.45, 2.75) is 78.6 Å². The molecule has 0 unspecified atom stereocenters. The average Bonchev–Trinajstić information content (AvgIpc) is 3.50. The van der Waals surface area contributed by atoms with Crippen LogP contribution in [0.2, 0.25) is 0 Å². The van der Waals surface area contributed by atoms with Crippen molar-refractivity contribution < 1.29 is 5.11 Å². The zero-order chi connectivity index (χ0) is 37.0. The molecule has 0 aliphatic rings. The van der Waals surface area contributed by atoms with Gasteiger partial charge in [-0.15, -0.1) is 0 Å². The molecule has 1 N–H and O–H groups in total. The number of aromatic hydroxyl groups is 1. The molecular formula is C49H50N2O. The van der Waals surface area contributed by atoms with Gasteiger partial charge in [0.25, 0.3) is 0 Å². The summed E-state index contributed by atoms with van der Waals surface area (Å²) in [6.07, 6.45) is 0. The molecule has 0 amide bonds. The maximum Gasteiger partial charge on any atom is 0.149 e. The van der Waals surface area contributed by atoms with E-state index in [2.05, 4.69) is 200 Å². The molecule has 0 saturated heterocycles. The van der Waals surface area contributed by atoms with Gasteiger partial charge >= 0.3 is 0 Å². The molecule has 0 bridgehead atoms. The van der Waals surface area contributed by atoms with Gasteiger partial charge in [0.05, 0.1) is 22.3 Å². The number of benzene rings is 6. The Morgan fingerprint density at radius 3 is 1.67 bits per heavy atom. The lowest BCUT2D eigenvalue weighted by Gasteiger charge is -2.28. The van der Waals surface area contributed by atoms with E-state index in [-0.39, 0.29) is 22.0 Å². The number of imidazole rings is 1. The van der Waals surface area contributed by atoms with E-state index in [1.54, 1.807) is 0 Å². The fraction of sp³-hybridized carbons (Fsp3) is 0.245. The van der Waals surface area contributed by atoms with Crippen molar-refractivity contribution in [2.24, 2.45) is 0 Å². The summed E-state index contributed by atoms with van der Waals surface area (Å²) >= 11 is 0. The number of phenolic OH excluding ortho intramolecular Hbond substituents is 1. The Kier molecular flexibility index (Phi) is 8.73. The fourth-order valence-corrected chi connectivity index (χ4v) is 7.11. The number of para-hydroxylation sites is 1. The van der Waals surface area contributed by atoms with E-state index >= 15 is 0 Å². The van der Waals surface area contributed by atoms with Crippen LogP contribution in [0.1, 0.15) is 79.0 Å². The highest BCUT2D eigenvalue weighted by Crippen LogP contribution is 2.45. The van der Waals surface area contributed by atoms with Gasteiger partial charge in [-0.05, 0) is 80.0 Å². The molecule has 1 aromatic heterocycles. The summed E-state index contributed by atoms with van der Waals surface area (Å²) in [6.45, 7) is 20.0. The van der Waals surface area contributed by atoms with E-state index in [1.165, 1.54) is 11.1 Å². The standard InChI is InChI=1S/C49H50N2O/c1-47(2,3)36-26-27-42(39(29-36)33-20-14-11-15-21-33)51-43-25-17-24-38(35-23-16-22-34(28-35)32-18-12-10-13-19-32)44(43)50-46(51)40-30-37(48(4,5)6)31-41(45(40)52)49(7,8)9/h10-31,52H,1-9H3. The average molecular weight is 683 g/mol. The number of hydrogen-bond acceptors (Lipinski definition) is 2. The zero-order valence-corrected chi connectivity index (χ0v) is 32.0. The molecule has 0 aliphatic heterocycles. The van der Waals surface area contributed by atoms with Gasteiger partial charge < -0.3 is 5.11 Å². The maximum atomic E-state index is 12.3. The Bertz CT molecular complexity index is 2400. The minimum atomic E-state index is -0.288. The van der Waals surface area contributed by atoms with Crippen LogP contribution < -0.4 is 0 Å². The number of fused-ring (bicyclic) bond motifs is 1. The van der Waals surface area contributed by atoms with Gasteiger partial charge in [-0.25, -0.2) is 4.98 Å². The zero-order valence-electron chi connectivity index (χ0n) is 32.0. The van der Waals surface area contributed by atoms with Crippen LogP contribution in [0.5, 0.6) is 5.75 Å². The van der Waals surface area contributed by atoms with Crippen LogP contribution in [0.25, 0.3) is 61.5 Å². The van der Waals surface area contributed by atoms with Crippen LogP contribution in [0.3, 0.4) is 0 Å². The Hall–Kier alpha value is -5.41. The van der Waals surface area contributed by atoms with E-state index in [0.717, 1.165) is 67.1 Å². The molecule has 6 aromatic carbocycles. The third-order valence-corrected chi connectivity index (χ3v) is 10.2. The van der Waals surface area contributed by atoms with Gasteiger partial charge in [-0.2, -0.15) is 0 Å². The van der Waals surface area contributed by atoms with Crippen molar-refractivity contribution in [3.63, 3.8) is 0 Å². The molecule has 3 nitrogen and oxygen atoms in total. The Balaban J connectivity index is 1.60. The summed E-state index contributed by atoms with van der Waals surface area (Å²) < 4.78 is 2.28. The molecular weight excluding hydrogens is 633 g/mol. The highest BCUT2D eigenvalue weighted by Gasteiger charge is 2.29. The largest absolute Gasteiger partial charge is 0.507 e. The lowest BCUT2D eigenvalue weighted by molar-refractivity contribution is 0.446. The first-order valence-electron chi connectivity index (χ1n) is 18.4. The van der Waals surface area contributed by atoms with Crippen LogP contribution in [0.4, 0.5) is 0 Å². The lowest BCUT2D eigenvalue weighted by Crippen LogP contribution is -2.17. The monoisotopic (exact) mass is 682 g/mol. The topological polar surface area (TPSA) is 38.0 Å². The van der Waals surface area contributed by atoms with Gasteiger partial charge in [0.2, 0.25) is 0 Å². The van der Waals surface area contributed by atoms with Gasteiger partial charge in [-0.3, -0.25) is 4.57 Å². The summed E-state index contributed by atoms with van der Waals surface area (Å²) in [5.41, 5.74) is 13.2. The van der Waals surface area contributed by atoms with Crippen molar-refractivity contribution in [3.8, 4) is 56.2 Å². The molecule has 7 aromatic rings. The van der Waals surface area contributed by atoms with Crippen molar-refractivity contribution in [2.75, 3.05) is 0 Å². The second-order valence-corrected chi connectivity index (χ2v) is 17.2. The summed E-state index contributed by atoms with van der Waals surface area (Å²) in [5.74, 6) is 0.994. The maximum absolute atomic E-state index is 12.3. The van der Waals surface area contributed by atoms with E-state index in [1.807, 2.05) is 0 Å². The molecule has 7 rings (SSSR count). The summed E-state index contributed by atoms with van der Waals surface area (Å²) in [5, 5.41) is 12.3. The summed E-state index contributed by atoms with van der Waals surface area (Å²) in [7, 11) is 0. The van der Waals surface area contributed by atoms with Crippen LogP contribution >= 0.6 is 0 Å². The Labute approximate surface area is 309 Å². The second-order valence-electron chi connectivity index (χ2n) is 17.2. The third kappa shape index (κ3) is 6.57. The van der Waals surface area contributed by atoms with Gasteiger partial charge in [0, 0.05) is 16.7 Å². The van der Waals surface area contributed by atoms with Crippen molar-refractivity contribution >= 4 is 11.0 Å². The minimum Gasteiger partial charge on any atom is -0.507 e. The summed E-state index contributed by atoms with van der Waals surface area (Å²) in [4.78, 5) is 5.55. The first-order chi connectivity index (χ1) is 24.6. The molecule has 0 atom stereocenters. The van der Waals surface area contributed by atoms with Gasteiger partial charge in [0.1, 0.15) is 11.6 Å². The predicted molar refractivity (Wildman–Crippen MR) is 221 cm³/mol. The Morgan fingerprint density at radius 2 is 1.04 bits per heavy atom. The van der Waals surface area contributed by atoms with E-state index in [0.29, 0.717) is 0 Å². The lowest BCUT2D eigenvalue weighted by atomic mass is 9.79. The highest BCUT2D eigenvalue weighted by molar-refractivity contribution is 5.97. The first kappa shape index (κ1) is 35.0. The van der Waals surface area contributed by atoms with Crippen molar-refractivity contribution in [3.05, 3.63) is 150 Å². The van der Waals surface area contributed by atoms with Crippen LogP contribution in [0.15, 0.2) is 133 Å². The normalized spacial score (nSPS) is 12.4. The third-order valence-electron chi connectivity index (χ3n) is 10.2. The minimum absolute atomic E-state index is 0.0419. The van der Waals surface area contributed by atoms with Crippen LogP contribution in [-0.2, 0) is 16.2 Å². The molecule has 0 radical (unpaired) electrons. The van der Waals surface area contributed by atoms with E-state index in [4.69, 9.17) is 4.98 Å². The predicted octanol–water partition coefficient (Wildman–Crippen LogP) is 13.3. The molecule has 0 saturated carbocycles. The molecule has 52 heavy (non-hydrogen) atoms. The number of hydrogen-bond donors (Lipinski definition) is 1. The van der Waals surface area contributed by atoms with Crippen molar-refractivity contribution in [1.29, 1.82) is 0 Å². The first-order valence-corrected chi connectivity index (χ1v) is 18.4.